The number of aliphatic hydroxyl groups excluding tert-OH is 1. The molecule has 0 aliphatic carbocycles. The van der Waals surface area contributed by atoms with Gasteiger partial charge in [0.2, 0.25) is 0 Å². The largest absolute Gasteiger partial charge is 0.394 e. The van der Waals surface area contributed by atoms with E-state index in [-0.39, 0.29) is 18.8 Å². The van der Waals surface area contributed by atoms with Crippen LogP contribution in [0.25, 0.3) is 11.2 Å². The fourth-order valence-corrected chi connectivity index (χ4v) is 3.30. The van der Waals surface area contributed by atoms with Gasteiger partial charge in [-0.05, 0) is 13.8 Å². The quantitative estimate of drug-likeness (QED) is 0.793. The highest BCUT2D eigenvalue weighted by molar-refractivity contribution is 7.71. The van der Waals surface area contributed by atoms with E-state index in [4.69, 9.17) is 26.4 Å². The Balaban J connectivity index is 1.78. The number of hydrogen-bond acceptors (Lipinski definition) is 7. The zero-order valence-corrected chi connectivity index (χ0v) is 12.9. The van der Waals surface area contributed by atoms with Crippen LogP contribution < -0.4 is 0 Å². The molecule has 4 heterocycles. The fourth-order valence-electron chi connectivity index (χ4n) is 3.10. The third kappa shape index (κ3) is 2.01. The van der Waals surface area contributed by atoms with Crippen molar-refractivity contribution in [3.05, 3.63) is 17.3 Å². The lowest BCUT2D eigenvalue weighted by Gasteiger charge is -2.24. The van der Waals surface area contributed by atoms with E-state index in [0.717, 1.165) is 0 Å². The van der Waals surface area contributed by atoms with Crippen LogP contribution in [0.1, 0.15) is 20.1 Å². The number of nitrogens with one attached hydrogen (secondary N) is 1. The lowest BCUT2D eigenvalue weighted by Crippen LogP contribution is -2.31. The van der Waals surface area contributed by atoms with Gasteiger partial charge in [0.1, 0.15) is 29.5 Å². The van der Waals surface area contributed by atoms with Gasteiger partial charge in [0.25, 0.3) is 0 Å². The second-order valence-corrected chi connectivity index (χ2v) is 6.26. The first-order valence-electron chi connectivity index (χ1n) is 7.02. The Morgan fingerprint density at radius 1 is 1.36 bits per heavy atom. The molecule has 118 valence electrons. The summed E-state index contributed by atoms with van der Waals surface area (Å²) in [6, 6.07) is 0. The number of aliphatic hydroxyl groups is 1. The molecule has 0 saturated carbocycles. The van der Waals surface area contributed by atoms with Gasteiger partial charge in [0.05, 0.1) is 19.3 Å². The zero-order valence-electron chi connectivity index (χ0n) is 12.1. The number of ether oxygens (including phenoxy) is 3. The van der Waals surface area contributed by atoms with Crippen molar-refractivity contribution in [1.29, 1.82) is 0 Å². The summed E-state index contributed by atoms with van der Waals surface area (Å²) in [7, 11) is 0. The number of aromatic amines is 1. The molecule has 0 unspecified atom stereocenters. The summed E-state index contributed by atoms with van der Waals surface area (Å²) in [6.07, 6.45) is 1.59. The van der Waals surface area contributed by atoms with E-state index in [2.05, 4.69) is 15.0 Å². The van der Waals surface area contributed by atoms with Crippen LogP contribution in [-0.4, -0.2) is 55.3 Å². The van der Waals surface area contributed by atoms with Gasteiger partial charge in [0, 0.05) is 0 Å². The average Bonchev–Trinajstić information content (AvgIpc) is 3.10. The van der Waals surface area contributed by atoms with E-state index in [1.807, 2.05) is 18.4 Å². The predicted octanol–water partition coefficient (Wildman–Crippen LogP) is 0.899. The van der Waals surface area contributed by atoms with Gasteiger partial charge in [-0.1, -0.05) is 12.2 Å². The second kappa shape index (κ2) is 4.80. The highest BCUT2D eigenvalue weighted by Gasteiger charge is 2.55. The molecule has 2 aromatic heterocycles. The number of rotatable bonds is 2. The van der Waals surface area contributed by atoms with Gasteiger partial charge in [-0.3, -0.25) is 4.57 Å². The van der Waals surface area contributed by atoms with E-state index < -0.39 is 18.1 Å². The van der Waals surface area contributed by atoms with Crippen molar-refractivity contribution in [3.8, 4) is 0 Å². The lowest BCUT2D eigenvalue weighted by molar-refractivity contribution is -0.199. The molecule has 0 spiro atoms. The standard InChI is InChI=1S/C13H16N4O4S/c1-13(2)20-8-6(3-18)19-12(9(8)21-13)17-5-16-7-10(17)14-4-15-11(7)22/h4-6,8-9,12,18H,3H2,1-2H3,(H,14,15,22)/t6-,8+,9-,12+/m0/s1. The Labute approximate surface area is 131 Å². The van der Waals surface area contributed by atoms with E-state index in [1.54, 1.807) is 6.33 Å². The number of hydrogen-bond donors (Lipinski definition) is 2. The molecular weight excluding hydrogens is 308 g/mol. The molecule has 2 aliphatic rings. The second-order valence-electron chi connectivity index (χ2n) is 5.87. The third-order valence-electron chi connectivity index (χ3n) is 3.96. The molecule has 0 radical (unpaired) electrons. The molecule has 0 aromatic carbocycles. The minimum absolute atomic E-state index is 0.138. The summed E-state index contributed by atoms with van der Waals surface area (Å²) in [5.41, 5.74) is 1.30. The maximum Gasteiger partial charge on any atom is 0.166 e. The maximum absolute atomic E-state index is 9.54. The van der Waals surface area contributed by atoms with Gasteiger partial charge < -0.3 is 24.3 Å². The Bertz CT molecular complexity index is 773. The molecule has 4 atom stereocenters. The Hall–Kier alpha value is -1.39. The number of imidazole rings is 1. The van der Waals surface area contributed by atoms with Crippen LogP contribution >= 0.6 is 12.2 Å². The average molecular weight is 324 g/mol. The van der Waals surface area contributed by atoms with Crippen molar-refractivity contribution < 1.29 is 19.3 Å². The molecule has 8 nitrogen and oxygen atoms in total. The van der Waals surface area contributed by atoms with Crippen LogP contribution in [-0.2, 0) is 14.2 Å². The SMILES string of the molecule is CC1(C)O[C@H]2[C@H](O1)[C@H](n1cnc3c(=S)nc[nH]c31)O[C@H]2CO. The van der Waals surface area contributed by atoms with Crippen molar-refractivity contribution in [1.82, 2.24) is 19.5 Å². The van der Waals surface area contributed by atoms with Gasteiger partial charge >= 0.3 is 0 Å². The monoisotopic (exact) mass is 324 g/mol. The number of H-pyrrole nitrogens is 1. The van der Waals surface area contributed by atoms with E-state index in [1.165, 1.54) is 6.33 Å². The number of fused-ring (bicyclic) bond motifs is 2. The van der Waals surface area contributed by atoms with Gasteiger partial charge in [-0.2, -0.15) is 0 Å². The summed E-state index contributed by atoms with van der Waals surface area (Å²) in [5, 5.41) is 9.54. The van der Waals surface area contributed by atoms with Crippen LogP contribution in [0.2, 0.25) is 0 Å². The highest BCUT2D eigenvalue weighted by atomic mass is 32.1. The number of nitrogens with zero attached hydrogens (tertiary/aromatic N) is 3. The van der Waals surface area contributed by atoms with Gasteiger partial charge in [0.15, 0.2) is 16.7 Å². The van der Waals surface area contributed by atoms with E-state index >= 15 is 0 Å². The molecule has 2 aliphatic heterocycles. The molecule has 2 aromatic rings. The summed E-state index contributed by atoms with van der Waals surface area (Å²) in [5.74, 6) is -0.713. The molecular formula is C13H16N4O4S. The van der Waals surface area contributed by atoms with Crippen LogP contribution in [0.4, 0.5) is 0 Å². The molecule has 2 saturated heterocycles. The van der Waals surface area contributed by atoms with Crippen molar-refractivity contribution in [2.45, 2.75) is 44.2 Å². The lowest BCUT2D eigenvalue weighted by atomic mass is 10.1. The van der Waals surface area contributed by atoms with Crippen LogP contribution in [0, 0.1) is 4.64 Å². The Morgan fingerprint density at radius 2 is 2.14 bits per heavy atom. The normalized spacial score (nSPS) is 33.4. The van der Waals surface area contributed by atoms with Crippen molar-refractivity contribution in [3.63, 3.8) is 0 Å². The molecule has 2 N–H and O–H groups in total. The van der Waals surface area contributed by atoms with Crippen LogP contribution in [0.3, 0.4) is 0 Å². The van der Waals surface area contributed by atoms with E-state index in [0.29, 0.717) is 15.8 Å². The summed E-state index contributed by atoms with van der Waals surface area (Å²) in [4.78, 5) is 11.3. The number of aromatic nitrogens is 4. The molecule has 0 amide bonds. The first-order chi connectivity index (χ1) is 10.5. The van der Waals surface area contributed by atoms with Crippen molar-refractivity contribution >= 4 is 23.4 Å². The van der Waals surface area contributed by atoms with Gasteiger partial charge in [-0.25, -0.2) is 9.97 Å². The van der Waals surface area contributed by atoms with Gasteiger partial charge in [-0.15, -0.1) is 0 Å². The Kier molecular flexibility index (Phi) is 3.10. The summed E-state index contributed by atoms with van der Waals surface area (Å²) in [6.45, 7) is 3.56. The fraction of sp³-hybridized carbons (Fsp3) is 0.615. The molecule has 0 bridgehead atoms. The third-order valence-corrected chi connectivity index (χ3v) is 4.26. The van der Waals surface area contributed by atoms with Crippen LogP contribution in [0.15, 0.2) is 12.7 Å². The maximum atomic E-state index is 9.54. The van der Waals surface area contributed by atoms with Crippen LogP contribution in [0.5, 0.6) is 0 Å². The first-order valence-corrected chi connectivity index (χ1v) is 7.43. The van der Waals surface area contributed by atoms with E-state index in [9.17, 15) is 5.11 Å². The molecule has 4 rings (SSSR count). The molecule has 9 heteroatoms. The summed E-state index contributed by atoms with van der Waals surface area (Å²) < 4.78 is 20.0. The first kappa shape index (κ1) is 14.2. The van der Waals surface area contributed by atoms with Crippen molar-refractivity contribution in [2.24, 2.45) is 0 Å². The summed E-state index contributed by atoms with van der Waals surface area (Å²) >= 11 is 5.17. The zero-order chi connectivity index (χ0) is 15.5. The smallest absolute Gasteiger partial charge is 0.166 e. The Morgan fingerprint density at radius 3 is 2.91 bits per heavy atom. The predicted molar refractivity (Wildman–Crippen MR) is 77.5 cm³/mol. The highest BCUT2D eigenvalue weighted by Crippen LogP contribution is 2.43. The topological polar surface area (TPSA) is 94.4 Å². The molecule has 22 heavy (non-hydrogen) atoms. The molecule has 2 fully saturated rings. The minimum Gasteiger partial charge on any atom is -0.394 e. The van der Waals surface area contributed by atoms with Crippen molar-refractivity contribution in [2.75, 3.05) is 6.61 Å². The minimum atomic E-state index is -0.713.